The van der Waals surface area contributed by atoms with Gasteiger partial charge < -0.3 is 14.6 Å². The van der Waals surface area contributed by atoms with Crippen LogP contribution in [-0.4, -0.2) is 27.9 Å². The number of rotatable bonds is 3. The molecule has 6 nitrogen and oxygen atoms in total. The normalized spacial score (nSPS) is 17.1. The number of phenols is 1. The van der Waals surface area contributed by atoms with Crippen molar-refractivity contribution in [3.63, 3.8) is 0 Å². The molecular weight excluding hydrogens is 449 g/mol. The van der Waals surface area contributed by atoms with Crippen LogP contribution in [0.5, 0.6) is 17.2 Å². The standard InChI is InChI=1S/C18H10Cl3NO5S/c19-10-1-8(16(23)12(21)4-10)3-15-17(24)22(18(25)28-15)6-9-2-13-14(5-11(9)20)27-7-26-13/h1-5,23H,6-7H2/b15-3-. The Morgan fingerprint density at radius 1 is 1.07 bits per heavy atom. The fourth-order valence-electron chi connectivity index (χ4n) is 2.72. The second-order valence-electron chi connectivity index (χ2n) is 5.89. The van der Waals surface area contributed by atoms with Gasteiger partial charge in [0.25, 0.3) is 11.1 Å². The fraction of sp³-hybridized carbons (Fsp3) is 0.111. The largest absolute Gasteiger partial charge is 0.506 e. The molecule has 0 radical (unpaired) electrons. The van der Waals surface area contributed by atoms with Crippen LogP contribution in [0.2, 0.25) is 15.1 Å². The van der Waals surface area contributed by atoms with Gasteiger partial charge in [0.2, 0.25) is 6.79 Å². The quantitative estimate of drug-likeness (QED) is 0.628. The maximum Gasteiger partial charge on any atom is 0.293 e. The second-order valence-corrected chi connectivity index (χ2v) is 8.13. The van der Waals surface area contributed by atoms with Crippen molar-refractivity contribution in [2.75, 3.05) is 6.79 Å². The van der Waals surface area contributed by atoms with Crippen molar-refractivity contribution in [3.8, 4) is 17.2 Å². The summed E-state index contributed by atoms with van der Waals surface area (Å²) in [6.45, 7) is 0.0604. The summed E-state index contributed by atoms with van der Waals surface area (Å²) in [6.07, 6.45) is 1.37. The molecule has 4 rings (SSSR count). The van der Waals surface area contributed by atoms with Gasteiger partial charge in [-0.15, -0.1) is 0 Å². The van der Waals surface area contributed by atoms with Crippen LogP contribution in [0.4, 0.5) is 4.79 Å². The minimum absolute atomic E-state index is 0.0280. The van der Waals surface area contributed by atoms with Gasteiger partial charge in [0, 0.05) is 21.7 Å². The topological polar surface area (TPSA) is 76.1 Å². The van der Waals surface area contributed by atoms with Crippen LogP contribution in [0.3, 0.4) is 0 Å². The van der Waals surface area contributed by atoms with Crippen LogP contribution in [-0.2, 0) is 11.3 Å². The lowest BCUT2D eigenvalue weighted by atomic mass is 10.1. The lowest BCUT2D eigenvalue weighted by molar-refractivity contribution is -0.123. The van der Waals surface area contributed by atoms with Gasteiger partial charge in [-0.1, -0.05) is 34.8 Å². The van der Waals surface area contributed by atoms with Crippen molar-refractivity contribution < 1.29 is 24.2 Å². The van der Waals surface area contributed by atoms with E-state index in [4.69, 9.17) is 44.3 Å². The lowest BCUT2D eigenvalue weighted by Gasteiger charge is -2.14. The molecule has 10 heteroatoms. The molecule has 28 heavy (non-hydrogen) atoms. The van der Waals surface area contributed by atoms with Gasteiger partial charge in [0.1, 0.15) is 5.75 Å². The molecule has 0 saturated carbocycles. The summed E-state index contributed by atoms with van der Waals surface area (Å²) >= 11 is 18.8. The van der Waals surface area contributed by atoms with Crippen LogP contribution in [0.15, 0.2) is 29.2 Å². The number of nitrogens with zero attached hydrogens (tertiary/aromatic N) is 1. The number of hydrogen-bond donors (Lipinski definition) is 1. The monoisotopic (exact) mass is 457 g/mol. The van der Waals surface area contributed by atoms with Crippen molar-refractivity contribution in [1.82, 2.24) is 4.90 Å². The smallest absolute Gasteiger partial charge is 0.293 e. The van der Waals surface area contributed by atoms with Crippen LogP contribution in [0, 0.1) is 0 Å². The molecular formula is C18H10Cl3NO5S. The summed E-state index contributed by atoms with van der Waals surface area (Å²) in [6, 6.07) is 6.05. The Morgan fingerprint density at radius 2 is 1.79 bits per heavy atom. The summed E-state index contributed by atoms with van der Waals surface area (Å²) in [5.74, 6) is 0.271. The van der Waals surface area contributed by atoms with E-state index in [-0.39, 0.29) is 34.6 Å². The molecule has 2 amide bonds. The van der Waals surface area contributed by atoms with Gasteiger partial charge in [-0.25, -0.2) is 0 Å². The number of fused-ring (bicyclic) bond motifs is 1. The zero-order valence-electron chi connectivity index (χ0n) is 13.9. The lowest BCUT2D eigenvalue weighted by Crippen LogP contribution is -2.27. The number of amides is 2. The Hall–Kier alpha value is -2.06. The Kier molecular flexibility index (Phi) is 5.09. The molecule has 2 aliphatic heterocycles. The number of benzene rings is 2. The molecule has 0 unspecified atom stereocenters. The molecule has 0 aliphatic carbocycles. The van der Waals surface area contributed by atoms with Gasteiger partial charge in [-0.2, -0.15) is 0 Å². The van der Waals surface area contributed by atoms with Crippen molar-refractivity contribution in [2.24, 2.45) is 0 Å². The van der Waals surface area contributed by atoms with E-state index in [1.807, 2.05) is 0 Å². The Balaban J connectivity index is 1.62. The highest BCUT2D eigenvalue weighted by atomic mass is 35.5. The number of thioether (sulfide) groups is 1. The van der Waals surface area contributed by atoms with Crippen LogP contribution >= 0.6 is 46.6 Å². The third-order valence-electron chi connectivity index (χ3n) is 4.09. The third kappa shape index (κ3) is 3.51. The van der Waals surface area contributed by atoms with Gasteiger partial charge in [0.05, 0.1) is 16.5 Å². The molecule has 144 valence electrons. The zero-order chi connectivity index (χ0) is 20.0. The van der Waals surface area contributed by atoms with E-state index < -0.39 is 11.1 Å². The van der Waals surface area contributed by atoms with E-state index in [0.29, 0.717) is 27.1 Å². The first-order valence-corrected chi connectivity index (χ1v) is 9.80. The van der Waals surface area contributed by atoms with Crippen molar-refractivity contribution in [3.05, 3.63) is 55.4 Å². The number of carbonyl (C=O) groups excluding carboxylic acids is 2. The first-order valence-electron chi connectivity index (χ1n) is 7.85. The number of imide groups is 1. The van der Waals surface area contributed by atoms with Crippen molar-refractivity contribution in [2.45, 2.75) is 6.54 Å². The van der Waals surface area contributed by atoms with E-state index >= 15 is 0 Å². The van der Waals surface area contributed by atoms with Gasteiger partial charge in [-0.05, 0) is 41.6 Å². The molecule has 2 heterocycles. The van der Waals surface area contributed by atoms with Crippen LogP contribution < -0.4 is 9.47 Å². The van der Waals surface area contributed by atoms with Gasteiger partial charge >= 0.3 is 0 Å². The maximum atomic E-state index is 12.7. The predicted molar refractivity (Wildman–Crippen MR) is 107 cm³/mol. The minimum atomic E-state index is -0.515. The highest BCUT2D eigenvalue weighted by Crippen LogP contribution is 2.40. The highest BCUT2D eigenvalue weighted by Gasteiger charge is 2.36. The van der Waals surface area contributed by atoms with Crippen molar-refractivity contribution in [1.29, 1.82) is 0 Å². The van der Waals surface area contributed by atoms with Crippen LogP contribution in [0.1, 0.15) is 11.1 Å². The number of ether oxygens (including phenoxy) is 2. The molecule has 0 bridgehead atoms. The third-order valence-corrected chi connectivity index (χ3v) is 5.85. The molecule has 1 fully saturated rings. The average Bonchev–Trinajstić information content (AvgIpc) is 3.18. The first kappa shape index (κ1) is 19.3. The molecule has 0 atom stereocenters. The minimum Gasteiger partial charge on any atom is -0.506 e. The average molecular weight is 459 g/mol. The molecule has 2 aromatic carbocycles. The maximum absolute atomic E-state index is 12.7. The first-order chi connectivity index (χ1) is 13.3. The van der Waals surface area contributed by atoms with E-state index in [1.165, 1.54) is 18.2 Å². The Morgan fingerprint density at radius 3 is 2.54 bits per heavy atom. The number of carbonyl (C=O) groups is 2. The summed E-state index contributed by atoms with van der Waals surface area (Å²) in [5, 5.41) is 10.3. The van der Waals surface area contributed by atoms with E-state index in [9.17, 15) is 14.7 Å². The molecule has 1 saturated heterocycles. The SMILES string of the molecule is O=C1S/C(=C\c2cc(Cl)cc(Cl)c2O)C(=O)N1Cc1cc2c(cc1Cl)OCO2. The van der Waals surface area contributed by atoms with Crippen LogP contribution in [0.25, 0.3) is 6.08 Å². The molecule has 2 aliphatic rings. The highest BCUT2D eigenvalue weighted by molar-refractivity contribution is 8.18. The summed E-state index contributed by atoms with van der Waals surface area (Å²) in [5.41, 5.74) is 0.784. The zero-order valence-corrected chi connectivity index (χ0v) is 17.0. The number of phenolic OH excluding ortho intramolecular Hbond substituents is 1. The Bertz CT molecular complexity index is 1060. The summed E-state index contributed by atoms with van der Waals surface area (Å²) in [4.78, 5) is 26.3. The van der Waals surface area contributed by atoms with Gasteiger partial charge in [0.15, 0.2) is 11.5 Å². The Labute approximate surface area is 178 Å². The van der Waals surface area contributed by atoms with Crippen molar-refractivity contribution >= 4 is 63.8 Å². The summed E-state index contributed by atoms with van der Waals surface area (Å²) < 4.78 is 10.6. The number of halogens is 3. The summed E-state index contributed by atoms with van der Waals surface area (Å²) in [7, 11) is 0. The number of hydrogen-bond acceptors (Lipinski definition) is 6. The molecule has 0 aromatic heterocycles. The second kappa shape index (κ2) is 7.40. The van der Waals surface area contributed by atoms with E-state index in [0.717, 1.165) is 16.7 Å². The molecule has 1 N–H and O–H groups in total. The molecule has 0 spiro atoms. The van der Waals surface area contributed by atoms with E-state index in [2.05, 4.69) is 0 Å². The fourth-order valence-corrected chi connectivity index (χ4v) is 4.28. The predicted octanol–water partition coefficient (Wildman–Crippen LogP) is 5.32. The van der Waals surface area contributed by atoms with E-state index in [1.54, 1.807) is 12.1 Å². The van der Waals surface area contributed by atoms with Gasteiger partial charge in [-0.3, -0.25) is 14.5 Å². The number of aromatic hydroxyl groups is 1. The molecule has 2 aromatic rings.